The molecule has 1 aromatic rings. The van der Waals surface area contributed by atoms with E-state index in [1.165, 1.54) is 0 Å². The number of ether oxygens (including phenoxy) is 1. The van der Waals surface area contributed by atoms with E-state index in [1.54, 1.807) is 4.90 Å². The van der Waals surface area contributed by atoms with Crippen LogP contribution < -0.4 is 10.5 Å². The summed E-state index contributed by atoms with van der Waals surface area (Å²) in [6, 6.07) is 7.83. The summed E-state index contributed by atoms with van der Waals surface area (Å²) < 4.78 is 5.83. The van der Waals surface area contributed by atoms with Gasteiger partial charge in [-0.2, -0.15) is 0 Å². The van der Waals surface area contributed by atoms with Crippen LogP contribution >= 0.6 is 0 Å². The molecule has 1 atom stereocenters. The lowest BCUT2D eigenvalue weighted by atomic mass is 10.2. The van der Waals surface area contributed by atoms with Crippen molar-refractivity contribution in [1.29, 1.82) is 0 Å². The third-order valence-electron chi connectivity index (χ3n) is 3.92. The fraction of sp³-hybridized carbons (Fsp3) is 0.562. The quantitative estimate of drug-likeness (QED) is 0.852. The van der Waals surface area contributed by atoms with Gasteiger partial charge in [-0.1, -0.05) is 18.2 Å². The van der Waals surface area contributed by atoms with Gasteiger partial charge in [0.05, 0.1) is 6.04 Å². The largest absolute Gasteiger partial charge is 0.492 e. The van der Waals surface area contributed by atoms with Crippen molar-refractivity contribution in [1.82, 2.24) is 9.80 Å². The second-order valence-electron chi connectivity index (χ2n) is 5.59. The molecule has 1 saturated heterocycles. The van der Waals surface area contributed by atoms with Gasteiger partial charge in [0.15, 0.2) is 0 Å². The number of likely N-dealkylation sites (tertiary alicyclic amines) is 1. The lowest BCUT2D eigenvalue weighted by Gasteiger charge is -2.26. The predicted octanol–water partition coefficient (Wildman–Crippen LogP) is 1.08. The van der Waals surface area contributed by atoms with E-state index < -0.39 is 0 Å². The van der Waals surface area contributed by atoms with E-state index >= 15 is 0 Å². The molecule has 0 bridgehead atoms. The lowest BCUT2D eigenvalue weighted by molar-refractivity contribution is -0.133. The molecule has 5 nitrogen and oxygen atoms in total. The molecule has 1 unspecified atom stereocenters. The Morgan fingerprint density at radius 1 is 1.43 bits per heavy atom. The molecule has 1 aliphatic heterocycles. The maximum Gasteiger partial charge on any atom is 0.239 e. The Morgan fingerprint density at radius 3 is 2.90 bits per heavy atom. The summed E-state index contributed by atoms with van der Waals surface area (Å²) in [5, 5.41) is 0. The summed E-state index contributed by atoms with van der Waals surface area (Å²) >= 11 is 0. The number of para-hydroxylation sites is 1. The minimum Gasteiger partial charge on any atom is -0.492 e. The number of hydrogen-bond donors (Lipinski definition) is 1. The Bertz CT molecular complexity index is 476. The van der Waals surface area contributed by atoms with E-state index in [0.717, 1.165) is 37.2 Å². The Balaban J connectivity index is 1.86. The van der Waals surface area contributed by atoms with Crippen molar-refractivity contribution < 1.29 is 9.53 Å². The first kappa shape index (κ1) is 15.8. The highest BCUT2D eigenvalue weighted by Gasteiger charge is 2.31. The first-order chi connectivity index (χ1) is 10.1. The van der Waals surface area contributed by atoms with Crippen molar-refractivity contribution in [2.24, 2.45) is 5.73 Å². The van der Waals surface area contributed by atoms with Crippen molar-refractivity contribution >= 4 is 5.91 Å². The van der Waals surface area contributed by atoms with E-state index in [2.05, 4.69) is 4.90 Å². The minimum absolute atomic E-state index is 0.00773. The highest BCUT2D eigenvalue weighted by atomic mass is 16.5. The highest BCUT2D eigenvalue weighted by Crippen LogP contribution is 2.20. The SMILES string of the molecule is CN(C)C(=O)C1CCCN1CCOc1ccccc1CN. The van der Waals surface area contributed by atoms with Gasteiger partial charge in [0.2, 0.25) is 5.91 Å². The van der Waals surface area contributed by atoms with Gasteiger partial charge in [-0.15, -0.1) is 0 Å². The topological polar surface area (TPSA) is 58.8 Å². The van der Waals surface area contributed by atoms with Crippen molar-refractivity contribution in [3.05, 3.63) is 29.8 Å². The summed E-state index contributed by atoms with van der Waals surface area (Å²) in [6.07, 6.45) is 2.01. The molecule has 21 heavy (non-hydrogen) atoms. The summed E-state index contributed by atoms with van der Waals surface area (Å²) in [4.78, 5) is 16.0. The number of nitrogens with two attached hydrogens (primary N) is 1. The first-order valence-corrected chi connectivity index (χ1v) is 7.49. The molecule has 2 rings (SSSR count). The summed E-state index contributed by atoms with van der Waals surface area (Å²) in [7, 11) is 3.62. The van der Waals surface area contributed by atoms with Crippen LogP contribution in [0.1, 0.15) is 18.4 Å². The first-order valence-electron chi connectivity index (χ1n) is 7.49. The Hall–Kier alpha value is -1.59. The van der Waals surface area contributed by atoms with Crippen LogP contribution in [0.2, 0.25) is 0 Å². The third-order valence-corrected chi connectivity index (χ3v) is 3.92. The van der Waals surface area contributed by atoms with E-state index in [-0.39, 0.29) is 11.9 Å². The van der Waals surface area contributed by atoms with Crippen molar-refractivity contribution in [3.8, 4) is 5.75 Å². The molecule has 0 aliphatic carbocycles. The van der Waals surface area contributed by atoms with Gasteiger partial charge >= 0.3 is 0 Å². The average Bonchev–Trinajstić information content (AvgIpc) is 2.95. The molecule has 1 aliphatic rings. The smallest absolute Gasteiger partial charge is 0.239 e. The fourth-order valence-electron chi connectivity index (χ4n) is 2.76. The number of amides is 1. The second-order valence-corrected chi connectivity index (χ2v) is 5.59. The fourth-order valence-corrected chi connectivity index (χ4v) is 2.76. The van der Waals surface area contributed by atoms with E-state index in [0.29, 0.717) is 13.2 Å². The Kier molecular flexibility index (Phi) is 5.59. The number of likely N-dealkylation sites (N-methyl/N-ethyl adjacent to an activating group) is 1. The molecule has 1 heterocycles. The van der Waals surface area contributed by atoms with Gasteiger partial charge in [-0.05, 0) is 25.5 Å². The molecule has 0 spiro atoms. The normalized spacial score (nSPS) is 18.7. The third kappa shape index (κ3) is 3.95. The van der Waals surface area contributed by atoms with Crippen LogP contribution in [-0.2, 0) is 11.3 Å². The number of hydrogen-bond acceptors (Lipinski definition) is 4. The molecule has 5 heteroatoms. The highest BCUT2D eigenvalue weighted by molar-refractivity contribution is 5.81. The zero-order valence-corrected chi connectivity index (χ0v) is 12.9. The van der Waals surface area contributed by atoms with Crippen LogP contribution in [0.3, 0.4) is 0 Å². The molecule has 1 fully saturated rings. The van der Waals surface area contributed by atoms with Crippen LogP contribution in [0.25, 0.3) is 0 Å². The number of carbonyl (C=O) groups is 1. The monoisotopic (exact) mass is 291 g/mol. The number of benzene rings is 1. The van der Waals surface area contributed by atoms with Crippen LogP contribution in [0.5, 0.6) is 5.75 Å². The number of carbonyl (C=O) groups excluding carboxylic acids is 1. The van der Waals surface area contributed by atoms with Crippen molar-refractivity contribution in [2.45, 2.75) is 25.4 Å². The van der Waals surface area contributed by atoms with Gasteiger partial charge in [-0.3, -0.25) is 9.69 Å². The predicted molar refractivity (Wildman–Crippen MR) is 83.1 cm³/mol. The molecule has 0 aromatic heterocycles. The van der Waals surface area contributed by atoms with Crippen LogP contribution in [0.15, 0.2) is 24.3 Å². The molecule has 116 valence electrons. The standard InChI is InChI=1S/C16H25N3O2/c1-18(2)16(20)14-7-5-9-19(14)10-11-21-15-8-4-3-6-13(15)12-17/h3-4,6,8,14H,5,7,9-12,17H2,1-2H3. The van der Waals surface area contributed by atoms with Crippen LogP contribution in [0.4, 0.5) is 0 Å². The van der Waals surface area contributed by atoms with E-state index in [9.17, 15) is 4.79 Å². The van der Waals surface area contributed by atoms with Gasteiger partial charge in [0, 0.05) is 32.7 Å². The van der Waals surface area contributed by atoms with Gasteiger partial charge < -0.3 is 15.4 Å². The van der Waals surface area contributed by atoms with Crippen LogP contribution in [0, 0.1) is 0 Å². The minimum atomic E-state index is 0.00773. The maximum absolute atomic E-state index is 12.1. The zero-order chi connectivity index (χ0) is 15.2. The maximum atomic E-state index is 12.1. The number of nitrogens with zero attached hydrogens (tertiary/aromatic N) is 2. The number of rotatable bonds is 6. The molecule has 0 saturated carbocycles. The van der Waals surface area contributed by atoms with E-state index in [4.69, 9.17) is 10.5 Å². The Morgan fingerprint density at radius 2 is 2.19 bits per heavy atom. The molecule has 0 radical (unpaired) electrons. The van der Waals surface area contributed by atoms with Gasteiger partial charge in [-0.25, -0.2) is 0 Å². The van der Waals surface area contributed by atoms with Gasteiger partial charge in [0.25, 0.3) is 0 Å². The summed E-state index contributed by atoms with van der Waals surface area (Å²) in [5.74, 6) is 1.03. The molecule has 1 aromatic carbocycles. The molecular formula is C16H25N3O2. The lowest BCUT2D eigenvalue weighted by Crippen LogP contribution is -2.44. The van der Waals surface area contributed by atoms with Gasteiger partial charge in [0.1, 0.15) is 12.4 Å². The summed E-state index contributed by atoms with van der Waals surface area (Å²) in [6.45, 7) is 2.78. The zero-order valence-electron chi connectivity index (χ0n) is 12.9. The molecule has 2 N–H and O–H groups in total. The van der Waals surface area contributed by atoms with Crippen molar-refractivity contribution in [2.75, 3.05) is 33.8 Å². The van der Waals surface area contributed by atoms with E-state index in [1.807, 2.05) is 38.4 Å². The van der Waals surface area contributed by atoms with Crippen molar-refractivity contribution in [3.63, 3.8) is 0 Å². The second kappa shape index (κ2) is 7.43. The van der Waals surface area contributed by atoms with Crippen LogP contribution in [-0.4, -0.2) is 55.5 Å². The Labute approximate surface area is 126 Å². The molecular weight excluding hydrogens is 266 g/mol. The molecule has 1 amide bonds. The summed E-state index contributed by atoms with van der Waals surface area (Å²) in [5.41, 5.74) is 6.71. The average molecular weight is 291 g/mol.